The summed E-state index contributed by atoms with van der Waals surface area (Å²) in [5.41, 5.74) is 1.26. The van der Waals surface area contributed by atoms with E-state index in [2.05, 4.69) is 0 Å². The Labute approximate surface area is 121 Å². The number of rotatable bonds is 5. The maximum Gasteiger partial charge on any atom is 0.336 e. The Morgan fingerprint density at radius 2 is 2.00 bits per heavy atom. The van der Waals surface area contributed by atoms with E-state index in [-0.39, 0.29) is 18.0 Å². The molecule has 21 heavy (non-hydrogen) atoms. The predicted octanol–water partition coefficient (Wildman–Crippen LogP) is 3.42. The molecule has 0 aliphatic rings. The summed E-state index contributed by atoms with van der Waals surface area (Å²) < 4.78 is 24.0. The Balaban J connectivity index is 2.23. The van der Waals surface area contributed by atoms with Gasteiger partial charge in [-0.05, 0) is 37.3 Å². The molecular weight excluding hydrogens is 275 g/mol. The molecule has 5 heteroatoms. The van der Waals surface area contributed by atoms with Gasteiger partial charge >= 0.3 is 5.97 Å². The van der Waals surface area contributed by atoms with E-state index in [1.807, 2.05) is 0 Å². The number of carbonyl (C=O) groups is 1. The highest BCUT2D eigenvalue weighted by molar-refractivity contribution is 5.90. The van der Waals surface area contributed by atoms with E-state index >= 15 is 0 Å². The topological polar surface area (TPSA) is 55.8 Å². The number of ether oxygens (including phenoxy) is 2. The van der Waals surface area contributed by atoms with E-state index in [9.17, 15) is 9.18 Å². The third-order valence-corrected chi connectivity index (χ3v) is 3.14. The van der Waals surface area contributed by atoms with Crippen molar-refractivity contribution in [1.29, 1.82) is 0 Å². The van der Waals surface area contributed by atoms with Crippen molar-refractivity contribution in [3.63, 3.8) is 0 Å². The number of carboxylic acid groups (broad SMARTS) is 1. The first kappa shape index (κ1) is 14.8. The molecule has 2 rings (SSSR count). The first-order chi connectivity index (χ1) is 10.0. The molecule has 0 saturated heterocycles. The molecule has 0 aliphatic heterocycles. The summed E-state index contributed by atoms with van der Waals surface area (Å²) in [6, 6.07) is 8.94. The van der Waals surface area contributed by atoms with Gasteiger partial charge in [0.1, 0.15) is 23.9 Å². The highest BCUT2D eigenvalue weighted by atomic mass is 19.1. The van der Waals surface area contributed by atoms with Crippen LogP contribution in [-0.4, -0.2) is 18.2 Å². The van der Waals surface area contributed by atoms with Gasteiger partial charge in [0.05, 0.1) is 12.7 Å². The van der Waals surface area contributed by atoms with Crippen molar-refractivity contribution >= 4 is 5.97 Å². The van der Waals surface area contributed by atoms with Crippen LogP contribution in [0.2, 0.25) is 0 Å². The van der Waals surface area contributed by atoms with E-state index in [0.717, 1.165) is 0 Å². The minimum Gasteiger partial charge on any atom is -0.496 e. The summed E-state index contributed by atoms with van der Waals surface area (Å²) in [5, 5.41) is 9.07. The predicted molar refractivity (Wildman–Crippen MR) is 75.4 cm³/mol. The molecule has 0 saturated carbocycles. The van der Waals surface area contributed by atoms with E-state index in [0.29, 0.717) is 22.6 Å². The van der Waals surface area contributed by atoms with Crippen LogP contribution in [0.25, 0.3) is 0 Å². The Kier molecular flexibility index (Phi) is 4.42. The zero-order valence-electron chi connectivity index (χ0n) is 11.7. The number of carboxylic acids is 1. The van der Waals surface area contributed by atoms with Gasteiger partial charge in [0.2, 0.25) is 0 Å². The van der Waals surface area contributed by atoms with Crippen LogP contribution in [0.5, 0.6) is 11.5 Å². The first-order valence-corrected chi connectivity index (χ1v) is 6.31. The molecule has 2 aromatic carbocycles. The molecule has 1 N–H and O–H groups in total. The van der Waals surface area contributed by atoms with E-state index in [1.165, 1.54) is 31.4 Å². The first-order valence-electron chi connectivity index (χ1n) is 6.31. The second kappa shape index (κ2) is 6.26. The summed E-state index contributed by atoms with van der Waals surface area (Å²) in [4.78, 5) is 11.1. The SMILES string of the molecule is COc1ccc(F)cc1COc1cccc(C(=O)O)c1C. The Morgan fingerprint density at radius 3 is 2.67 bits per heavy atom. The van der Waals surface area contributed by atoms with Gasteiger partial charge in [0, 0.05) is 11.1 Å². The lowest BCUT2D eigenvalue weighted by Crippen LogP contribution is -2.04. The molecule has 4 nitrogen and oxygen atoms in total. The van der Waals surface area contributed by atoms with Gasteiger partial charge < -0.3 is 14.6 Å². The Morgan fingerprint density at radius 1 is 1.24 bits per heavy atom. The molecule has 0 aromatic heterocycles. The summed E-state index contributed by atoms with van der Waals surface area (Å²) in [7, 11) is 1.49. The van der Waals surface area contributed by atoms with Gasteiger partial charge in [-0.3, -0.25) is 0 Å². The largest absolute Gasteiger partial charge is 0.496 e. The second-order valence-electron chi connectivity index (χ2n) is 4.48. The highest BCUT2D eigenvalue weighted by Crippen LogP contribution is 2.25. The average Bonchev–Trinajstić information content (AvgIpc) is 2.46. The fourth-order valence-corrected chi connectivity index (χ4v) is 2.02. The van der Waals surface area contributed by atoms with Crippen LogP contribution in [0.15, 0.2) is 36.4 Å². The third kappa shape index (κ3) is 3.31. The van der Waals surface area contributed by atoms with Crippen LogP contribution in [0.4, 0.5) is 4.39 Å². The van der Waals surface area contributed by atoms with Gasteiger partial charge in [0.25, 0.3) is 0 Å². The van der Waals surface area contributed by atoms with Crippen LogP contribution in [0, 0.1) is 12.7 Å². The normalized spacial score (nSPS) is 10.2. The minimum atomic E-state index is -1.01. The summed E-state index contributed by atoms with van der Waals surface area (Å²) in [6.07, 6.45) is 0. The van der Waals surface area contributed by atoms with Crippen LogP contribution in [0.1, 0.15) is 21.5 Å². The van der Waals surface area contributed by atoms with Gasteiger partial charge in [-0.25, -0.2) is 9.18 Å². The lowest BCUT2D eigenvalue weighted by Gasteiger charge is -2.13. The molecule has 0 heterocycles. The van der Waals surface area contributed by atoms with Gasteiger partial charge in [-0.15, -0.1) is 0 Å². The summed E-state index contributed by atoms with van der Waals surface area (Å²) in [6.45, 7) is 1.76. The highest BCUT2D eigenvalue weighted by Gasteiger charge is 2.12. The lowest BCUT2D eigenvalue weighted by molar-refractivity contribution is 0.0695. The monoisotopic (exact) mass is 290 g/mol. The maximum atomic E-state index is 13.3. The van der Waals surface area contributed by atoms with Crippen LogP contribution >= 0.6 is 0 Å². The van der Waals surface area contributed by atoms with E-state index in [4.69, 9.17) is 14.6 Å². The molecule has 0 atom stereocenters. The van der Waals surface area contributed by atoms with Crippen molar-refractivity contribution < 1.29 is 23.8 Å². The minimum absolute atomic E-state index is 0.0881. The lowest BCUT2D eigenvalue weighted by atomic mass is 10.1. The summed E-state index contributed by atoms with van der Waals surface area (Å²) in [5.74, 6) is -0.434. The van der Waals surface area contributed by atoms with Gasteiger partial charge in [0.15, 0.2) is 0 Å². The molecule has 0 bridgehead atoms. The number of benzene rings is 2. The number of methoxy groups -OCH3 is 1. The molecule has 2 aromatic rings. The number of hydrogen-bond acceptors (Lipinski definition) is 3. The van der Waals surface area contributed by atoms with Gasteiger partial charge in [-0.1, -0.05) is 6.07 Å². The fraction of sp³-hybridized carbons (Fsp3) is 0.188. The van der Waals surface area contributed by atoms with Crippen molar-refractivity contribution in [1.82, 2.24) is 0 Å². The van der Waals surface area contributed by atoms with Crippen LogP contribution in [-0.2, 0) is 6.61 Å². The standard InChI is InChI=1S/C16H15FO4/c1-10-13(16(18)19)4-3-5-14(10)21-9-11-8-12(17)6-7-15(11)20-2/h3-8H,9H2,1-2H3,(H,18,19). The van der Waals surface area contributed by atoms with E-state index < -0.39 is 5.97 Å². The third-order valence-electron chi connectivity index (χ3n) is 3.14. The molecule has 0 radical (unpaired) electrons. The Bertz CT molecular complexity index is 667. The molecule has 0 unspecified atom stereocenters. The smallest absolute Gasteiger partial charge is 0.336 e. The molecule has 0 aliphatic carbocycles. The number of halogens is 1. The van der Waals surface area contributed by atoms with Crippen LogP contribution < -0.4 is 9.47 Å². The van der Waals surface area contributed by atoms with Crippen molar-refractivity contribution in [3.8, 4) is 11.5 Å². The maximum absolute atomic E-state index is 13.3. The zero-order valence-corrected chi connectivity index (χ0v) is 11.7. The number of aromatic carboxylic acids is 1. The molecule has 0 spiro atoms. The number of hydrogen-bond donors (Lipinski definition) is 1. The van der Waals surface area contributed by atoms with Crippen LogP contribution in [0.3, 0.4) is 0 Å². The quantitative estimate of drug-likeness (QED) is 0.916. The molecule has 110 valence electrons. The fourth-order valence-electron chi connectivity index (χ4n) is 2.02. The molecule has 0 amide bonds. The molecular formula is C16H15FO4. The zero-order chi connectivity index (χ0) is 15.4. The molecule has 0 fully saturated rings. The van der Waals surface area contributed by atoms with Crippen molar-refractivity contribution in [2.45, 2.75) is 13.5 Å². The van der Waals surface area contributed by atoms with E-state index in [1.54, 1.807) is 19.1 Å². The van der Waals surface area contributed by atoms with Crippen molar-refractivity contribution in [3.05, 3.63) is 58.9 Å². The average molecular weight is 290 g/mol. The van der Waals surface area contributed by atoms with Gasteiger partial charge in [-0.2, -0.15) is 0 Å². The van der Waals surface area contributed by atoms with Crippen molar-refractivity contribution in [2.75, 3.05) is 7.11 Å². The Hall–Kier alpha value is -2.56. The second-order valence-corrected chi connectivity index (χ2v) is 4.48. The summed E-state index contributed by atoms with van der Waals surface area (Å²) >= 11 is 0. The van der Waals surface area contributed by atoms with Crippen molar-refractivity contribution in [2.24, 2.45) is 0 Å².